The van der Waals surface area contributed by atoms with E-state index in [4.69, 9.17) is 4.74 Å². The number of hydrogen-bond acceptors (Lipinski definition) is 4. The van der Waals surface area contributed by atoms with Crippen molar-refractivity contribution < 1.29 is 13.2 Å². The van der Waals surface area contributed by atoms with Gasteiger partial charge in [-0.2, -0.15) is 0 Å². The van der Waals surface area contributed by atoms with Crippen molar-refractivity contribution in [1.82, 2.24) is 5.32 Å². The molecule has 0 saturated carbocycles. The first-order valence-electron chi connectivity index (χ1n) is 6.39. The van der Waals surface area contributed by atoms with Crippen molar-refractivity contribution in [2.75, 3.05) is 31.8 Å². The van der Waals surface area contributed by atoms with Crippen LogP contribution in [-0.2, 0) is 14.6 Å². The lowest BCUT2D eigenvalue weighted by Gasteiger charge is -2.24. The summed E-state index contributed by atoms with van der Waals surface area (Å²) < 4.78 is 28.6. The molecule has 0 aromatic heterocycles. The molecule has 0 fully saturated rings. The molecule has 0 spiro atoms. The Morgan fingerprint density at radius 2 is 1.94 bits per heavy atom. The zero-order valence-electron chi connectivity index (χ0n) is 11.5. The van der Waals surface area contributed by atoms with Crippen molar-refractivity contribution in [2.24, 2.45) is 5.92 Å². The first-order chi connectivity index (χ1) is 7.96. The maximum Gasteiger partial charge on any atom is 0.154 e. The summed E-state index contributed by atoms with van der Waals surface area (Å²) >= 11 is 0. The second kappa shape index (κ2) is 8.89. The van der Waals surface area contributed by atoms with E-state index in [1.54, 1.807) is 0 Å². The molecule has 0 amide bonds. The van der Waals surface area contributed by atoms with E-state index in [0.717, 1.165) is 19.4 Å². The van der Waals surface area contributed by atoms with Crippen molar-refractivity contribution >= 4 is 9.84 Å². The summed E-state index contributed by atoms with van der Waals surface area (Å²) in [4.78, 5) is 0. The highest BCUT2D eigenvalue weighted by atomic mass is 32.2. The predicted molar refractivity (Wildman–Crippen MR) is 72.1 cm³/mol. The average Bonchev–Trinajstić information content (AvgIpc) is 2.30. The predicted octanol–water partition coefficient (Wildman–Crippen LogP) is 1.46. The van der Waals surface area contributed by atoms with Gasteiger partial charge in [-0.1, -0.05) is 27.2 Å². The van der Waals surface area contributed by atoms with E-state index in [1.807, 2.05) is 0 Å². The van der Waals surface area contributed by atoms with Crippen LogP contribution in [0.25, 0.3) is 0 Å². The zero-order valence-corrected chi connectivity index (χ0v) is 12.3. The van der Waals surface area contributed by atoms with E-state index in [0.29, 0.717) is 5.92 Å². The van der Waals surface area contributed by atoms with Crippen LogP contribution in [0.1, 0.15) is 33.6 Å². The Morgan fingerprint density at radius 1 is 1.29 bits per heavy atom. The first-order valence-corrected chi connectivity index (χ1v) is 8.21. The second-order valence-corrected chi connectivity index (χ2v) is 6.78. The van der Waals surface area contributed by atoms with Crippen molar-refractivity contribution in [2.45, 2.75) is 39.7 Å². The van der Waals surface area contributed by atoms with Gasteiger partial charge < -0.3 is 10.1 Å². The molecule has 0 bridgehead atoms. The van der Waals surface area contributed by atoms with Crippen LogP contribution in [0, 0.1) is 5.92 Å². The van der Waals surface area contributed by atoms with E-state index >= 15 is 0 Å². The first kappa shape index (κ1) is 16.9. The number of sulfone groups is 1. The summed E-state index contributed by atoms with van der Waals surface area (Å²) in [5, 5.41) is 3.33. The summed E-state index contributed by atoms with van der Waals surface area (Å²) in [5.74, 6) is 0.703. The minimum Gasteiger partial charge on any atom is -0.384 e. The third kappa shape index (κ3) is 7.73. The summed E-state index contributed by atoms with van der Waals surface area (Å²) in [6.07, 6.45) is 2.01. The van der Waals surface area contributed by atoms with Crippen LogP contribution in [0.4, 0.5) is 0 Å². The fraction of sp³-hybridized carbons (Fsp3) is 1.00. The molecular weight excluding hydrogens is 238 g/mol. The van der Waals surface area contributed by atoms with Gasteiger partial charge in [0.15, 0.2) is 9.84 Å². The maximum atomic E-state index is 11.9. The molecule has 104 valence electrons. The average molecular weight is 265 g/mol. The smallest absolute Gasteiger partial charge is 0.154 e. The minimum atomic E-state index is -3.02. The van der Waals surface area contributed by atoms with Crippen molar-refractivity contribution in [1.29, 1.82) is 0 Å². The fourth-order valence-corrected chi connectivity index (χ4v) is 3.19. The van der Waals surface area contributed by atoms with Gasteiger partial charge in [-0.15, -0.1) is 0 Å². The molecule has 4 nitrogen and oxygen atoms in total. The molecule has 0 heterocycles. The molecule has 0 aromatic rings. The summed E-state index contributed by atoms with van der Waals surface area (Å²) in [5.41, 5.74) is 0. The molecule has 0 radical (unpaired) electrons. The van der Waals surface area contributed by atoms with Gasteiger partial charge in [0.05, 0.1) is 18.1 Å². The second-order valence-electron chi connectivity index (χ2n) is 4.55. The van der Waals surface area contributed by atoms with Gasteiger partial charge in [0.1, 0.15) is 0 Å². The molecule has 1 N–H and O–H groups in total. The molecule has 5 heteroatoms. The van der Waals surface area contributed by atoms with Crippen LogP contribution in [-0.4, -0.2) is 46.2 Å². The van der Waals surface area contributed by atoms with Crippen LogP contribution in [0.5, 0.6) is 0 Å². The number of methoxy groups -OCH3 is 1. The van der Waals surface area contributed by atoms with Gasteiger partial charge in [0, 0.05) is 13.2 Å². The van der Waals surface area contributed by atoms with Gasteiger partial charge in [-0.05, 0) is 18.9 Å². The van der Waals surface area contributed by atoms with Crippen LogP contribution in [0.2, 0.25) is 0 Å². The minimum absolute atomic E-state index is 0.0572. The summed E-state index contributed by atoms with van der Waals surface area (Å²) in [7, 11) is -1.49. The van der Waals surface area contributed by atoms with Crippen molar-refractivity contribution in [3.05, 3.63) is 0 Å². The quantitative estimate of drug-likeness (QED) is 0.650. The summed E-state index contributed by atoms with van der Waals surface area (Å²) in [6.45, 7) is 7.42. The van der Waals surface area contributed by atoms with E-state index in [9.17, 15) is 8.42 Å². The van der Waals surface area contributed by atoms with Gasteiger partial charge in [-0.25, -0.2) is 8.42 Å². The van der Waals surface area contributed by atoms with Gasteiger partial charge in [0.2, 0.25) is 0 Å². The molecule has 0 rings (SSSR count). The molecule has 0 aliphatic heterocycles. The van der Waals surface area contributed by atoms with Gasteiger partial charge >= 0.3 is 0 Å². The van der Waals surface area contributed by atoms with Gasteiger partial charge in [-0.3, -0.25) is 0 Å². The fourth-order valence-electron chi connectivity index (χ4n) is 1.61. The number of rotatable bonds is 10. The monoisotopic (exact) mass is 265 g/mol. The lowest BCUT2D eigenvalue weighted by atomic mass is 10.0. The Hall–Kier alpha value is -0.130. The van der Waals surface area contributed by atoms with E-state index < -0.39 is 9.84 Å². The van der Waals surface area contributed by atoms with Crippen LogP contribution in [0.3, 0.4) is 0 Å². The Balaban J connectivity index is 4.40. The highest BCUT2D eigenvalue weighted by molar-refractivity contribution is 7.91. The molecular formula is C12H27NO3S. The molecule has 0 aliphatic carbocycles. The lowest BCUT2D eigenvalue weighted by Crippen LogP contribution is -2.41. The highest BCUT2D eigenvalue weighted by Gasteiger charge is 2.22. The van der Waals surface area contributed by atoms with Crippen molar-refractivity contribution in [3.63, 3.8) is 0 Å². The Morgan fingerprint density at radius 3 is 2.41 bits per heavy atom. The molecule has 2 unspecified atom stereocenters. The molecule has 2 atom stereocenters. The molecule has 0 saturated heterocycles. The molecule has 0 aromatic carbocycles. The Kier molecular flexibility index (Phi) is 8.82. The van der Waals surface area contributed by atoms with Crippen molar-refractivity contribution in [3.8, 4) is 0 Å². The Bertz CT molecular complexity index is 277. The summed E-state index contributed by atoms with van der Waals surface area (Å²) in [6, 6.07) is 0.0572. The number of hydrogen-bond donors (Lipinski definition) is 1. The van der Waals surface area contributed by atoms with Gasteiger partial charge in [0.25, 0.3) is 0 Å². The number of ether oxygens (including phenoxy) is 1. The molecule has 0 aliphatic rings. The highest BCUT2D eigenvalue weighted by Crippen LogP contribution is 2.10. The van der Waals surface area contributed by atoms with Crippen LogP contribution < -0.4 is 5.32 Å². The van der Waals surface area contributed by atoms with Crippen LogP contribution in [0.15, 0.2) is 0 Å². The third-order valence-corrected chi connectivity index (χ3v) is 4.67. The normalized spacial score (nSPS) is 15.8. The lowest BCUT2D eigenvalue weighted by molar-refractivity contribution is 0.217. The SMILES string of the molecule is CCCNC(CS(=O)(=O)CCOC)C(C)CC. The largest absolute Gasteiger partial charge is 0.384 e. The molecule has 17 heavy (non-hydrogen) atoms. The zero-order chi connectivity index (χ0) is 13.3. The van der Waals surface area contributed by atoms with E-state index in [2.05, 4.69) is 26.1 Å². The topological polar surface area (TPSA) is 55.4 Å². The third-order valence-electron chi connectivity index (χ3n) is 3.02. The number of nitrogens with one attached hydrogen (secondary N) is 1. The standard InChI is InChI=1S/C12H27NO3S/c1-5-7-13-12(11(3)6-2)10-17(14,15)9-8-16-4/h11-13H,5-10H2,1-4H3. The Labute approximate surface area is 106 Å². The van der Waals surface area contributed by atoms with E-state index in [1.165, 1.54) is 7.11 Å². The van der Waals surface area contributed by atoms with Crippen LogP contribution >= 0.6 is 0 Å². The maximum absolute atomic E-state index is 11.9. The van der Waals surface area contributed by atoms with E-state index in [-0.39, 0.29) is 24.2 Å².